The maximum absolute atomic E-state index is 12.4. The van der Waals surface area contributed by atoms with Gasteiger partial charge in [-0.05, 0) is 42.5 Å². The van der Waals surface area contributed by atoms with Gasteiger partial charge in [-0.3, -0.25) is 9.89 Å². The zero-order valence-electron chi connectivity index (χ0n) is 16.3. The van der Waals surface area contributed by atoms with Crippen molar-refractivity contribution in [1.82, 2.24) is 15.2 Å². The molecule has 31 heavy (non-hydrogen) atoms. The fourth-order valence-electron chi connectivity index (χ4n) is 2.89. The maximum atomic E-state index is 12.4. The van der Waals surface area contributed by atoms with E-state index >= 15 is 0 Å². The zero-order valence-corrected chi connectivity index (χ0v) is 17.9. The van der Waals surface area contributed by atoms with E-state index in [2.05, 4.69) is 20.5 Å². The lowest BCUT2D eigenvalue weighted by Crippen LogP contribution is -2.14. The zero-order chi connectivity index (χ0) is 21.8. The van der Waals surface area contributed by atoms with Gasteiger partial charge in [0, 0.05) is 21.5 Å². The summed E-state index contributed by atoms with van der Waals surface area (Å²) in [7, 11) is 1.29. The van der Waals surface area contributed by atoms with Crippen LogP contribution >= 0.6 is 22.9 Å². The summed E-state index contributed by atoms with van der Waals surface area (Å²) in [6, 6.07) is 12.2. The molecule has 0 saturated heterocycles. The Morgan fingerprint density at radius 2 is 2.00 bits per heavy atom. The monoisotopic (exact) mass is 456 g/mol. The number of carbonyl (C=O) groups is 2. The normalized spacial score (nSPS) is 10.8. The molecule has 10 heteroatoms. The number of esters is 1. The first kappa shape index (κ1) is 20.8. The van der Waals surface area contributed by atoms with Crippen LogP contribution in [-0.2, 0) is 22.6 Å². The molecule has 2 aromatic carbocycles. The van der Waals surface area contributed by atoms with Crippen LogP contribution in [-0.4, -0.2) is 34.2 Å². The van der Waals surface area contributed by atoms with E-state index in [1.54, 1.807) is 42.5 Å². The van der Waals surface area contributed by atoms with E-state index in [-0.39, 0.29) is 18.0 Å². The molecular formula is C21H17ClN4O4S. The van der Waals surface area contributed by atoms with Gasteiger partial charge in [0.2, 0.25) is 5.91 Å². The van der Waals surface area contributed by atoms with E-state index in [0.29, 0.717) is 39.7 Å². The number of aromatic nitrogens is 3. The topological polar surface area (TPSA) is 106 Å². The van der Waals surface area contributed by atoms with E-state index in [9.17, 15) is 9.59 Å². The Morgan fingerprint density at radius 3 is 2.77 bits per heavy atom. The molecule has 158 valence electrons. The van der Waals surface area contributed by atoms with Crippen molar-refractivity contribution in [3.63, 3.8) is 0 Å². The second-order valence-electron chi connectivity index (χ2n) is 6.52. The number of fused-ring (bicyclic) bond motifs is 1. The Balaban J connectivity index is 1.36. The number of amides is 1. The number of H-pyrrole nitrogens is 1. The fraction of sp³-hybridized carbons (Fsp3) is 0.143. The number of thiazole rings is 1. The van der Waals surface area contributed by atoms with Crippen molar-refractivity contribution in [3.8, 4) is 5.75 Å². The van der Waals surface area contributed by atoms with Crippen molar-refractivity contribution < 1.29 is 19.1 Å². The highest BCUT2D eigenvalue weighted by molar-refractivity contribution is 7.09. The Morgan fingerprint density at radius 1 is 1.19 bits per heavy atom. The molecule has 2 aromatic heterocycles. The molecule has 2 heterocycles. The molecule has 1 amide bonds. The van der Waals surface area contributed by atoms with E-state index in [4.69, 9.17) is 21.1 Å². The van der Waals surface area contributed by atoms with E-state index in [0.717, 1.165) is 5.01 Å². The van der Waals surface area contributed by atoms with Gasteiger partial charge in [-0.1, -0.05) is 11.6 Å². The van der Waals surface area contributed by atoms with Gasteiger partial charge >= 0.3 is 5.97 Å². The number of ether oxygens (including phenoxy) is 2. The highest BCUT2D eigenvalue weighted by Gasteiger charge is 2.15. The number of aromatic amines is 1. The van der Waals surface area contributed by atoms with Crippen molar-refractivity contribution >= 4 is 51.4 Å². The lowest BCUT2D eigenvalue weighted by molar-refractivity contribution is -0.115. The first-order valence-electron chi connectivity index (χ1n) is 9.20. The molecule has 2 N–H and O–H groups in total. The number of methoxy groups -OCH3 is 1. The fourth-order valence-corrected chi connectivity index (χ4v) is 3.72. The first-order chi connectivity index (χ1) is 15.0. The van der Waals surface area contributed by atoms with Crippen LogP contribution in [0.2, 0.25) is 5.02 Å². The highest BCUT2D eigenvalue weighted by atomic mass is 35.5. The van der Waals surface area contributed by atoms with Gasteiger partial charge < -0.3 is 14.8 Å². The van der Waals surface area contributed by atoms with E-state index < -0.39 is 5.97 Å². The molecule has 8 nitrogen and oxygen atoms in total. The van der Waals surface area contributed by atoms with Gasteiger partial charge in [0.05, 0.1) is 24.7 Å². The van der Waals surface area contributed by atoms with Crippen molar-refractivity contribution in [2.45, 2.75) is 13.0 Å². The first-order valence-corrected chi connectivity index (χ1v) is 10.5. The third-order valence-electron chi connectivity index (χ3n) is 4.34. The minimum absolute atomic E-state index is 0.116. The average molecular weight is 457 g/mol. The Bertz CT molecular complexity index is 1240. The predicted octanol–water partition coefficient (Wildman–Crippen LogP) is 4.22. The predicted molar refractivity (Wildman–Crippen MR) is 118 cm³/mol. The summed E-state index contributed by atoms with van der Waals surface area (Å²) in [5.41, 5.74) is 2.03. The third kappa shape index (κ3) is 5.01. The number of nitrogens with one attached hydrogen (secondary N) is 2. The maximum Gasteiger partial charge on any atom is 0.359 e. The van der Waals surface area contributed by atoms with Crippen LogP contribution in [0.5, 0.6) is 5.75 Å². The van der Waals surface area contributed by atoms with Gasteiger partial charge in [0.1, 0.15) is 17.4 Å². The second kappa shape index (κ2) is 9.15. The molecule has 0 spiro atoms. The van der Waals surface area contributed by atoms with Gasteiger partial charge in [-0.2, -0.15) is 5.10 Å². The number of hydrogen-bond donors (Lipinski definition) is 2. The van der Waals surface area contributed by atoms with Crippen molar-refractivity contribution in [2.75, 3.05) is 12.4 Å². The Hall–Kier alpha value is -3.43. The number of halogens is 1. The molecule has 4 rings (SSSR count). The second-order valence-corrected chi connectivity index (χ2v) is 7.90. The highest BCUT2D eigenvalue weighted by Crippen LogP contribution is 2.22. The summed E-state index contributed by atoms with van der Waals surface area (Å²) < 4.78 is 10.4. The molecule has 0 aliphatic heterocycles. The molecule has 4 aromatic rings. The van der Waals surface area contributed by atoms with Crippen LogP contribution < -0.4 is 10.1 Å². The van der Waals surface area contributed by atoms with Crippen LogP contribution in [0.25, 0.3) is 10.9 Å². The summed E-state index contributed by atoms with van der Waals surface area (Å²) in [5.74, 6) is -0.0802. The summed E-state index contributed by atoms with van der Waals surface area (Å²) in [4.78, 5) is 28.7. The number of anilines is 1. The molecule has 0 fully saturated rings. The summed E-state index contributed by atoms with van der Waals surface area (Å²) in [6.07, 6.45) is 0.116. The molecule has 0 aliphatic rings. The Labute approximate surface area is 186 Å². The minimum Gasteiger partial charge on any atom is -0.486 e. The quantitative estimate of drug-likeness (QED) is 0.403. The molecule has 0 unspecified atom stereocenters. The molecular weight excluding hydrogens is 440 g/mol. The van der Waals surface area contributed by atoms with E-state index in [1.807, 2.05) is 5.38 Å². The lowest BCUT2D eigenvalue weighted by Gasteiger charge is -2.05. The van der Waals surface area contributed by atoms with Crippen LogP contribution in [0.3, 0.4) is 0 Å². The molecule has 0 aliphatic carbocycles. The van der Waals surface area contributed by atoms with Crippen molar-refractivity contribution in [3.05, 3.63) is 69.3 Å². The third-order valence-corrected chi connectivity index (χ3v) is 5.47. The number of carbonyl (C=O) groups excluding carboxylic acids is 2. The number of nitrogens with zero attached hydrogens (tertiary/aromatic N) is 2. The van der Waals surface area contributed by atoms with E-state index in [1.165, 1.54) is 18.4 Å². The van der Waals surface area contributed by atoms with Crippen molar-refractivity contribution in [1.29, 1.82) is 0 Å². The summed E-state index contributed by atoms with van der Waals surface area (Å²) in [5, 5.41) is 13.3. The SMILES string of the molecule is COC(=O)c1n[nH]c2ccc(NC(=O)Cc3csc(COc4ccc(Cl)cc4)n3)cc12. The molecule has 0 atom stereocenters. The number of benzene rings is 2. The smallest absolute Gasteiger partial charge is 0.359 e. The minimum atomic E-state index is -0.550. The number of hydrogen-bond acceptors (Lipinski definition) is 7. The average Bonchev–Trinajstić information content (AvgIpc) is 3.39. The van der Waals surface area contributed by atoms with Crippen LogP contribution in [0.1, 0.15) is 21.2 Å². The van der Waals surface area contributed by atoms with Gasteiger partial charge in [0.25, 0.3) is 0 Å². The summed E-state index contributed by atoms with van der Waals surface area (Å²) in [6.45, 7) is 0.307. The molecule has 0 saturated carbocycles. The van der Waals surface area contributed by atoms with Gasteiger partial charge in [0.15, 0.2) is 5.69 Å². The lowest BCUT2D eigenvalue weighted by atomic mass is 10.2. The summed E-state index contributed by atoms with van der Waals surface area (Å²) >= 11 is 7.29. The standard InChI is InChI=1S/C21H17ClN4O4S/c1-29-21(28)20-16-8-13(4-7-17(16)25-26-20)23-18(27)9-14-11-31-19(24-14)10-30-15-5-2-12(22)3-6-15/h2-8,11H,9-10H2,1H3,(H,23,27)(H,25,26). The van der Waals surface area contributed by atoms with Crippen molar-refractivity contribution in [2.24, 2.45) is 0 Å². The molecule has 0 bridgehead atoms. The molecule has 0 radical (unpaired) electrons. The number of rotatable bonds is 7. The Kier molecular flexibility index (Phi) is 6.15. The van der Waals surface area contributed by atoms with Crippen LogP contribution in [0.4, 0.5) is 5.69 Å². The van der Waals surface area contributed by atoms with Crippen LogP contribution in [0, 0.1) is 0 Å². The van der Waals surface area contributed by atoms with Gasteiger partial charge in [-0.25, -0.2) is 9.78 Å². The largest absolute Gasteiger partial charge is 0.486 e. The van der Waals surface area contributed by atoms with Gasteiger partial charge in [-0.15, -0.1) is 11.3 Å². The van der Waals surface area contributed by atoms with Crippen LogP contribution in [0.15, 0.2) is 47.8 Å².